The smallest absolute Gasteiger partial charge is 0.279 e. The van der Waals surface area contributed by atoms with Gasteiger partial charge in [0, 0.05) is 43.5 Å². The van der Waals surface area contributed by atoms with E-state index in [1.54, 1.807) is 37.3 Å². The van der Waals surface area contributed by atoms with Crippen LogP contribution in [-0.4, -0.2) is 57.3 Å². The van der Waals surface area contributed by atoms with E-state index in [-0.39, 0.29) is 23.4 Å². The van der Waals surface area contributed by atoms with Crippen LogP contribution in [0.1, 0.15) is 47.5 Å². The SMILES string of the molecule is Cc1cc(C(=O)Nc2nc3c(s2)CN(CCN2C(=O)c4ccccc4C2=O)CC3)no1. The number of aryl methyl sites for hydroxylation is 1. The summed E-state index contributed by atoms with van der Waals surface area (Å²) in [5.74, 6) is -0.254. The third-order valence-electron chi connectivity index (χ3n) is 5.41. The third kappa shape index (κ3) is 3.64. The Morgan fingerprint density at radius 3 is 2.61 bits per heavy atom. The van der Waals surface area contributed by atoms with E-state index in [0.29, 0.717) is 41.7 Å². The molecule has 0 atom stereocenters. The maximum absolute atomic E-state index is 12.5. The molecule has 0 spiro atoms. The summed E-state index contributed by atoms with van der Waals surface area (Å²) in [6, 6.07) is 8.49. The molecule has 9 nitrogen and oxygen atoms in total. The van der Waals surface area contributed by atoms with Gasteiger partial charge < -0.3 is 4.52 Å². The minimum atomic E-state index is -0.356. The van der Waals surface area contributed by atoms with Crippen molar-refractivity contribution in [2.45, 2.75) is 19.9 Å². The number of carbonyl (C=O) groups is 3. The van der Waals surface area contributed by atoms with Gasteiger partial charge in [-0.3, -0.25) is 29.5 Å². The van der Waals surface area contributed by atoms with Gasteiger partial charge in [0.05, 0.1) is 16.8 Å². The number of hydrogen-bond acceptors (Lipinski definition) is 8. The number of thiazole rings is 1. The topological polar surface area (TPSA) is 109 Å². The van der Waals surface area contributed by atoms with Crippen molar-refractivity contribution in [3.63, 3.8) is 0 Å². The largest absolute Gasteiger partial charge is 0.361 e. The van der Waals surface area contributed by atoms with Crippen molar-refractivity contribution in [1.29, 1.82) is 0 Å². The number of benzene rings is 1. The molecule has 10 heteroatoms. The average Bonchev–Trinajstić information content (AvgIpc) is 3.44. The van der Waals surface area contributed by atoms with E-state index in [9.17, 15) is 14.4 Å². The molecule has 2 aromatic heterocycles. The second-order valence-electron chi connectivity index (χ2n) is 7.50. The van der Waals surface area contributed by atoms with Gasteiger partial charge in [0.25, 0.3) is 17.7 Å². The molecule has 3 aromatic rings. The lowest BCUT2D eigenvalue weighted by molar-refractivity contribution is 0.0633. The maximum Gasteiger partial charge on any atom is 0.279 e. The Balaban J connectivity index is 1.20. The summed E-state index contributed by atoms with van der Waals surface area (Å²) in [7, 11) is 0. The van der Waals surface area contributed by atoms with Crippen LogP contribution < -0.4 is 5.32 Å². The number of carbonyl (C=O) groups excluding carboxylic acids is 3. The molecule has 1 aromatic carbocycles. The monoisotopic (exact) mass is 437 g/mol. The summed E-state index contributed by atoms with van der Waals surface area (Å²) in [5, 5.41) is 7.01. The lowest BCUT2D eigenvalue weighted by Crippen LogP contribution is -2.40. The predicted molar refractivity (Wildman–Crippen MR) is 112 cm³/mol. The van der Waals surface area contributed by atoms with Crippen LogP contribution in [0.4, 0.5) is 5.13 Å². The Kier molecular flexibility index (Phi) is 4.87. The lowest BCUT2D eigenvalue weighted by Gasteiger charge is -2.27. The summed E-state index contributed by atoms with van der Waals surface area (Å²) in [4.78, 5) is 46.4. The first-order valence-corrected chi connectivity index (χ1v) is 10.7. The number of nitrogens with zero attached hydrogens (tertiary/aromatic N) is 4. The molecule has 5 rings (SSSR count). The van der Waals surface area contributed by atoms with Gasteiger partial charge in [-0.05, 0) is 19.1 Å². The molecular weight excluding hydrogens is 418 g/mol. The molecule has 0 saturated carbocycles. The van der Waals surface area contributed by atoms with Crippen LogP contribution in [0, 0.1) is 6.92 Å². The molecule has 1 N–H and O–H groups in total. The van der Waals surface area contributed by atoms with Crippen molar-refractivity contribution < 1.29 is 18.9 Å². The number of fused-ring (bicyclic) bond motifs is 2. The quantitative estimate of drug-likeness (QED) is 0.610. The minimum Gasteiger partial charge on any atom is -0.361 e. The van der Waals surface area contributed by atoms with E-state index in [2.05, 4.69) is 20.4 Å². The Labute approximate surface area is 181 Å². The van der Waals surface area contributed by atoms with Crippen LogP contribution in [0.3, 0.4) is 0 Å². The average molecular weight is 437 g/mol. The number of aromatic nitrogens is 2. The summed E-state index contributed by atoms with van der Waals surface area (Å²) in [6.07, 6.45) is 0.743. The van der Waals surface area contributed by atoms with E-state index in [1.807, 2.05) is 0 Å². The number of amides is 3. The molecule has 2 aliphatic rings. The number of hydrogen-bond donors (Lipinski definition) is 1. The molecule has 0 fully saturated rings. The van der Waals surface area contributed by atoms with Gasteiger partial charge in [-0.15, -0.1) is 11.3 Å². The molecule has 0 aliphatic carbocycles. The fourth-order valence-electron chi connectivity index (χ4n) is 3.81. The zero-order valence-electron chi connectivity index (χ0n) is 16.8. The first kappa shape index (κ1) is 19.6. The van der Waals surface area contributed by atoms with Crippen LogP contribution >= 0.6 is 11.3 Å². The van der Waals surface area contributed by atoms with Gasteiger partial charge >= 0.3 is 0 Å². The Hall–Kier alpha value is -3.37. The highest BCUT2D eigenvalue weighted by molar-refractivity contribution is 7.15. The highest BCUT2D eigenvalue weighted by atomic mass is 32.1. The molecule has 0 unspecified atom stereocenters. The minimum absolute atomic E-state index is 0.216. The highest BCUT2D eigenvalue weighted by Gasteiger charge is 2.35. The second-order valence-corrected chi connectivity index (χ2v) is 8.58. The summed E-state index contributed by atoms with van der Waals surface area (Å²) in [5.41, 5.74) is 2.12. The van der Waals surface area contributed by atoms with Crippen LogP contribution in [0.25, 0.3) is 0 Å². The molecule has 0 radical (unpaired) electrons. The van der Waals surface area contributed by atoms with Crippen LogP contribution in [0.2, 0.25) is 0 Å². The van der Waals surface area contributed by atoms with Gasteiger partial charge in [-0.1, -0.05) is 17.3 Å². The first-order chi connectivity index (χ1) is 15.0. The van der Waals surface area contributed by atoms with Crippen molar-refractivity contribution >= 4 is 34.2 Å². The molecule has 2 aliphatic heterocycles. The van der Waals surface area contributed by atoms with E-state index in [0.717, 1.165) is 23.5 Å². The van der Waals surface area contributed by atoms with Crippen molar-refractivity contribution in [1.82, 2.24) is 19.9 Å². The first-order valence-electron chi connectivity index (χ1n) is 9.90. The molecule has 0 saturated heterocycles. The van der Waals surface area contributed by atoms with Gasteiger partial charge in [0.1, 0.15) is 5.76 Å². The Morgan fingerprint density at radius 2 is 1.94 bits per heavy atom. The molecule has 3 amide bonds. The lowest BCUT2D eigenvalue weighted by atomic mass is 10.1. The van der Waals surface area contributed by atoms with Gasteiger partial charge in [-0.2, -0.15) is 0 Å². The zero-order valence-corrected chi connectivity index (χ0v) is 17.6. The fraction of sp³-hybridized carbons (Fsp3) is 0.286. The van der Waals surface area contributed by atoms with Gasteiger partial charge in [0.15, 0.2) is 10.8 Å². The van der Waals surface area contributed by atoms with E-state index in [4.69, 9.17) is 4.52 Å². The number of imide groups is 1. The van der Waals surface area contributed by atoms with Crippen molar-refractivity contribution in [3.05, 3.63) is 63.5 Å². The predicted octanol–water partition coefficient (Wildman–Crippen LogP) is 2.35. The van der Waals surface area contributed by atoms with Gasteiger partial charge in [-0.25, -0.2) is 4.98 Å². The molecule has 31 heavy (non-hydrogen) atoms. The summed E-state index contributed by atoms with van der Waals surface area (Å²) >= 11 is 1.43. The zero-order chi connectivity index (χ0) is 21.5. The number of rotatable bonds is 5. The van der Waals surface area contributed by atoms with E-state index >= 15 is 0 Å². The molecule has 158 valence electrons. The highest BCUT2D eigenvalue weighted by Crippen LogP contribution is 2.29. The van der Waals surface area contributed by atoms with Crippen LogP contribution in [0.15, 0.2) is 34.9 Å². The van der Waals surface area contributed by atoms with Crippen molar-refractivity contribution in [3.8, 4) is 0 Å². The van der Waals surface area contributed by atoms with Gasteiger partial charge in [0.2, 0.25) is 0 Å². The molecular formula is C21H19N5O4S. The van der Waals surface area contributed by atoms with E-state index < -0.39 is 0 Å². The Bertz CT molecular complexity index is 1170. The number of nitrogens with one attached hydrogen (secondary N) is 1. The maximum atomic E-state index is 12.5. The molecule has 0 bridgehead atoms. The van der Waals surface area contributed by atoms with Crippen molar-refractivity contribution in [2.75, 3.05) is 25.0 Å². The second kappa shape index (κ2) is 7.71. The van der Waals surface area contributed by atoms with Crippen LogP contribution in [-0.2, 0) is 13.0 Å². The number of anilines is 1. The summed E-state index contributed by atoms with van der Waals surface area (Å²) < 4.78 is 4.94. The standard InChI is InChI=1S/C21H19N5O4S/c1-12-10-16(24-30-12)18(27)23-21-22-15-6-7-25(11-17(15)31-21)8-9-26-19(28)13-4-2-3-5-14(13)20(26)29/h2-5,10H,6-9,11H2,1H3,(H,22,23,27). The summed E-state index contributed by atoms with van der Waals surface area (Å²) in [6.45, 7) is 4.09. The normalized spacial score (nSPS) is 15.8. The van der Waals surface area contributed by atoms with E-state index in [1.165, 1.54) is 16.2 Å². The van der Waals surface area contributed by atoms with Crippen molar-refractivity contribution in [2.24, 2.45) is 0 Å². The molecule has 4 heterocycles. The fourth-order valence-corrected chi connectivity index (χ4v) is 4.86. The third-order valence-corrected chi connectivity index (χ3v) is 6.41. The Morgan fingerprint density at radius 1 is 1.19 bits per heavy atom. The van der Waals surface area contributed by atoms with Crippen LogP contribution in [0.5, 0.6) is 0 Å².